The van der Waals surface area contributed by atoms with Crippen molar-refractivity contribution in [3.8, 4) is 32.7 Å². The molecule has 1 heterocycles. The lowest BCUT2D eigenvalue weighted by atomic mass is 9.82. The molecule has 0 N–H and O–H groups in total. The summed E-state index contributed by atoms with van der Waals surface area (Å²) >= 11 is 1.95. The molecule has 1 aliphatic rings. The molecule has 0 saturated heterocycles. The van der Waals surface area contributed by atoms with Crippen LogP contribution in [0.1, 0.15) is 39.1 Å². The minimum absolute atomic E-state index is 1.02. The Balaban J connectivity index is 1.37. The number of fused-ring (bicyclic) bond motifs is 3. The first-order chi connectivity index (χ1) is 21.5. The highest BCUT2D eigenvalue weighted by Gasteiger charge is 2.25. The first-order valence-corrected chi connectivity index (χ1v) is 16.4. The van der Waals surface area contributed by atoms with Crippen LogP contribution < -0.4 is 0 Å². The number of rotatable bonds is 4. The summed E-state index contributed by atoms with van der Waals surface area (Å²) in [5, 5.41) is 5.32. The second kappa shape index (κ2) is 10.8. The standard InChI is InChI=1S/C43H34S/c1-27-12-18-30(19-13-27)40-34-8-4-6-10-36(34)41(37-11-7-5-9-35(37)40)33-24-25-38-39(26-33)44-43(32-22-16-29(3)17-23-32)42(38)31-20-14-28(2)15-21-31/h4-23,26H,24-25H2,1-3H3. The van der Waals surface area contributed by atoms with Gasteiger partial charge in [0, 0.05) is 15.3 Å². The Morgan fingerprint density at radius 1 is 0.432 bits per heavy atom. The zero-order valence-electron chi connectivity index (χ0n) is 25.4. The number of benzene rings is 6. The van der Waals surface area contributed by atoms with Crippen molar-refractivity contribution >= 4 is 44.5 Å². The fourth-order valence-electron chi connectivity index (χ4n) is 6.97. The zero-order chi connectivity index (χ0) is 29.8. The molecule has 1 aliphatic carbocycles. The molecular weight excluding hydrogens is 549 g/mol. The fourth-order valence-corrected chi connectivity index (χ4v) is 8.32. The van der Waals surface area contributed by atoms with Crippen molar-refractivity contribution in [3.63, 3.8) is 0 Å². The first-order valence-electron chi connectivity index (χ1n) is 15.6. The summed E-state index contributed by atoms with van der Waals surface area (Å²) in [6.45, 7) is 6.49. The average Bonchev–Trinajstić information content (AvgIpc) is 3.43. The third-order valence-electron chi connectivity index (χ3n) is 9.23. The van der Waals surface area contributed by atoms with Crippen molar-refractivity contribution in [2.75, 3.05) is 0 Å². The van der Waals surface area contributed by atoms with Gasteiger partial charge in [-0.2, -0.15) is 0 Å². The fraction of sp³-hybridized carbons (Fsp3) is 0.116. The SMILES string of the molecule is Cc1ccc(-c2sc3c(c2-c2ccc(C)cc2)CCC(c2c4ccccc4c(-c4ccc(C)cc4)c4ccccc24)=C3)cc1. The molecule has 8 rings (SSSR count). The van der Waals surface area contributed by atoms with Crippen LogP contribution in [0.5, 0.6) is 0 Å². The summed E-state index contributed by atoms with van der Waals surface area (Å²) < 4.78 is 0. The van der Waals surface area contributed by atoms with Crippen molar-refractivity contribution < 1.29 is 0 Å². The largest absolute Gasteiger partial charge is 0.135 e. The Labute approximate surface area is 264 Å². The minimum atomic E-state index is 1.02. The van der Waals surface area contributed by atoms with Crippen LogP contribution in [-0.4, -0.2) is 0 Å². The molecule has 212 valence electrons. The van der Waals surface area contributed by atoms with Gasteiger partial charge < -0.3 is 0 Å². The van der Waals surface area contributed by atoms with Gasteiger partial charge in [0.1, 0.15) is 0 Å². The summed E-state index contributed by atoms with van der Waals surface area (Å²) in [5.74, 6) is 0. The Bertz CT molecular complexity index is 2150. The molecule has 0 fully saturated rings. The third-order valence-corrected chi connectivity index (χ3v) is 10.5. The molecule has 1 aromatic heterocycles. The lowest BCUT2D eigenvalue weighted by molar-refractivity contribution is 1.02. The molecule has 0 bridgehead atoms. The molecule has 0 atom stereocenters. The Hall–Kier alpha value is -4.72. The second-order valence-electron chi connectivity index (χ2n) is 12.3. The van der Waals surface area contributed by atoms with E-state index >= 15 is 0 Å². The van der Waals surface area contributed by atoms with Crippen LogP contribution in [0, 0.1) is 20.8 Å². The second-order valence-corrected chi connectivity index (χ2v) is 13.3. The average molecular weight is 583 g/mol. The maximum atomic E-state index is 2.51. The van der Waals surface area contributed by atoms with Gasteiger partial charge in [-0.05, 0) is 100 Å². The molecule has 1 heteroatoms. The Morgan fingerprint density at radius 3 is 1.36 bits per heavy atom. The van der Waals surface area contributed by atoms with Gasteiger partial charge in [-0.15, -0.1) is 11.3 Å². The van der Waals surface area contributed by atoms with Crippen LogP contribution >= 0.6 is 11.3 Å². The van der Waals surface area contributed by atoms with E-state index in [4.69, 9.17) is 0 Å². The van der Waals surface area contributed by atoms with E-state index < -0.39 is 0 Å². The molecule has 44 heavy (non-hydrogen) atoms. The molecule has 0 spiro atoms. The van der Waals surface area contributed by atoms with E-state index in [-0.39, 0.29) is 0 Å². The smallest absolute Gasteiger partial charge is 0.0430 e. The molecule has 0 saturated carbocycles. The molecule has 0 aliphatic heterocycles. The number of allylic oxidation sites excluding steroid dienone is 1. The van der Waals surface area contributed by atoms with Crippen molar-refractivity contribution in [2.24, 2.45) is 0 Å². The number of hydrogen-bond donors (Lipinski definition) is 0. The number of thiophene rings is 1. The molecule has 0 unspecified atom stereocenters. The summed E-state index contributed by atoms with van der Waals surface area (Å²) in [5.41, 5.74) is 14.8. The van der Waals surface area contributed by atoms with E-state index in [9.17, 15) is 0 Å². The highest BCUT2D eigenvalue weighted by molar-refractivity contribution is 7.17. The van der Waals surface area contributed by atoms with Gasteiger partial charge in [0.25, 0.3) is 0 Å². The number of aryl methyl sites for hydroxylation is 3. The molecule has 7 aromatic rings. The van der Waals surface area contributed by atoms with Gasteiger partial charge in [0.15, 0.2) is 0 Å². The molecule has 0 radical (unpaired) electrons. The van der Waals surface area contributed by atoms with Crippen LogP contribution in [-0.2, 0) is 6.42 Å². The van der Waals surface area contributed by atoms with Crippen LogP contribution in [0.15, 0.2) is 121 Å². The lowest BCUT2D eigenvalue weighted by Crippen LogP contribution is -2.00. The van der Waals surface area contributed by atoms with Crippen molar-refractivity contribution in [1.82, 2.24) is 0 Å². The molecule has 0 nitrogen and oxygen atoms in total. The predicted octanol–water partition coefficient (Wildman–Crippen LogP) is 12.5. The van der Waals surface area contributed by atoms with Gasteiger partial charge in [0.05, 0.1) is 0 Å². The quantitative estimate of drug-likeness (QED) is 0.181. The van der Waals surface area contributed by atoms with E-state index in [1.165, 1.54) is 92.5 Å². The monoisotopic (exact) mass is 582 g/mol. The van der Waals surface area contributed by atoms with Crippen LogP contribution in [0.3, 0.4) is 0 Å². The minimum Gasteiger partial charge on any atom is -0.135 e. The van der Waals surface area contributed by atoms with Crippen molar-refractivity contribution in [1.29, 1.82) is 0 Å². The molecular formula is C43H34S. The molecule has 0 amide bonds. The lowest BCUT2D eigenvalue weighted by Gasteiger charge is -2.22. The van der Waals surface area contributed by atoms with Crippen molar-refractivity contribution in [2.45, 2.75) is 33.6 Å². The Morgan fingerprint density at radius 2 is 0.864 bits per heavy atom. The van der Waals surface area contributed by atoms with E-state index in [1.807, 2.05) is 11.3 Å². The highest BCUT2D eigenvalue weighted by Crippen LogP contribution is 2.50. The van der Waals surface area contributed by atoms with E-state index in [1.54, 1.807) is 0 Å². The third kappa shape index (κ3) is 4.51. The maximum Gasteiger partial charge on any atom is 0.0430 e. The number of hydrogen-bond acceptors (Lipinski definition) is 1. The van der Waals surface area contributed by atoms with Gasteiger partial charge >= 0.3 is 0 Å². The van der Waals surface area contributed by atoms with E-state index in [2.05, 4.69) is 148 Å². The summed E-state index contributed by atoms with van der Waals surface area (Å²) in [7, 11) is 0. The highest BCUT2D eigenvalue weighted by atomic mass is 32.1. The maximum absolute atomic E-state index is 2.51. The summed E-state index contributed by atoms with van der Waals surface area (Å²) in [4.78, 5) is 2.77. The van der Waals surface area contributed by atoms with E-state index in [0.29, 0.717) is 0 Å². The first kappa shape index (κ1) is 26.9. The van der Waals surface area contributed by atoms with Gasteiger partial charge in [0.2, 0.25) is 0 Å². The van der Waals surface area contributed by atoms with Crippen LogP contribution in [0.25, 0.3) is 65.9 Å². The van der Waals surface area contributed by atoms with Gasteiger partial charge in [-0.1, -0.05) is 138 Å². The summed E-state index contributed by atoms with van der Waals surface area (Å²) in [6.07, 6.45) is 4.57. The Kier molecular flexibility index (Phi) is 6.58. The van der Waals surface area contributed by atoms with Crippen LogP contribution in [0.4, 0.5) is 0 Å². The van der Waals surface area contributed by atoms with E-state index in [0.717, 1.165) is 12.8 Å². The molecule has 6 aromatic carbocycles. The summed E-state index contributed by atoms with van der Waals surface area (Å²) in [6, 6.07) is 45.2. The predicted molar refractivity (Wildman–Crippen MR) is 192 cm³/mol. The van der Waals surface area contributed by atoms with Crippen LogP contribution in [0.2, 0.25) is 0 Å². The van der Waals surface area contributed by atoms with Gasteiger partial charge in [-0.25, -0.2) is 0 Å². The zero-order valence-corrected chi connectivity index (χ0v) is 26.3. The topological polar surface area (TPSA) is 0 Å². The normalized spacial score (nSPS) is 12.8. The van der Waals surface area contributed by atoms with Crippen molar-refractivity contribution in [3.05, 3.63) is 154 Å². The van der Waals surface area contributed by atoms with Gasteiger partial charge in [-0.3, -0.25) is 0 Å².